The van der Waals surface area contributed by atoms with Gasteiger partial charge in [0.15, 0.2) is 0 Å². The van der Waals surface area contributed by atoms with Gasteiger partial charge in [-0.15, -0.1) is 0 Å². The van der Waals surface area contributed by atoms with Gasteiger partial charge in [0.05, 0.1) is 7.11 Å². The van der Waals surface area contributed by atoms with Gasteiger partial charge < -0.3 is 15.2 Å². The molecule has 0 bridgehead atoms. The van der Waals surface area contributed by atoms with E-state index in [1.807, 2.05) is 6.92 Å². The highest BCUT2D eigenvalue weighted by molar-refractivity contribution is 5.31. The predicted molar refractivity (Wildman–Crippen MR) is 62.7 cm³/mol. The third kappa shape index (κ3) is 3.66. The third-order valence-electron chi connectivity index (χ3n) is 2.34. The van der Waals surface area contributed by atoms with Crippen LogP contribution in [0.3, 0.4) is 0 Å². The van der Waals surface area contributed by atoms with Crippen molar-refractivity contribution in [1.29, 1.82) is 0 Å². The predicted octanol–water partition coefficient (Wildman–Crippen LogP) is 1.37. The molecule has 5 nitrogen and oxygen atoms in total. The van der Waals surface area contributed by atoms with Crippen molar-refractivity contribution in [3.05, 3.63) is 11.8 Å². The molecule has 0 aliphatic rings. The summed E-state index contributed by atoms with van der Waals surface area (Å²) in [4.78, 5) is 8.46. The Hall–Kier alpha value is -1.36. The number of aliphatic hydroxyl groups excluding tert-OH is 1. The smallest absolute Gasteiger partial charge is 0.226 e. The average molecular weight is 225 g/mol. The molecule has 0 saturated carbocycles. The topological polar surface area (TPSA) is 67.3 Å². The second kappa shape index (κ2) is 6.27. The van der Waals surface area contributed by atoms with Gasteiger partial charge in [0.2, 0.25) is 11.8 Å². The number of aryl methyl sites for hydroxylation is 1. The van der Waals surface area contributed by atoms with Gasteiger partial charge in [-0.05, 0) is 19.8 Å². The van der Waals surface area contributed by atoms with Crippen LogP contribution in [0.5, 0.6) is 5.88 Å². The normalized spacial score (nSPS) is 12.2. The van der Waals surface area contributed by atoms with Crippen LogP contribution >= 0.6 is 0 Å². The number of aliphatic hydroxyl groups is 1. The minimum atomic E-state index is 0.161. The van der Waals surface area contributed by atoms with E-state index in [-0.39, 0.29) is 12.6 Å². The van der Waals surface area contributed by atoms with E-state index in [2.05, 4.69) is 22.2 Å². The van der Waals surface area contributed by atoms with Crippen LogP contribution in [0.15, 0.2) is 6.07 Å². The van der Waals surface area contributed by atoms with Crippen molar-refractivity contribution in [2.45, 2.75) is 32.7 Å². The Kier molecular flexibility index (Phi) is 4.98. The lowest BCUT2D eigenvalue weighted by Gasteiger charge is -2.16. The van der Waals surface area contributed by atoms with Gasteiger partial charge in [-0.3, -0.25) is 0 Å². The number of aromatic nitrogens is 2. The first-order valence-corrected chi connectivity index (χ1v) is 5.46. The van der Waals surface area contributed by atoms with E-state index in [4.69, 9.17) is 9.84 Å². The fourth-order valence-electron chi connectivity index (χ4n) is 1.43. The van der Waals surface area contributed by atoms with E-state index in [0.29, 0.717) is 18.2 Å². The standard InChI is InChI=1S/C11H19N3O2/c1-4-9(5-6-15)13-11-12-8(2)7-10(14-11)16-3/h7,9,15H,4-6H2,1-3H3,(H,12,13,14). The summed E-state index contributed by atoms with van der Waals surface area (Å²) in [5.41, 5.74) is 0.855. The number of ether oxygens (including phenoxy) is 1. The van der Waals surface area contributed by atoms with Gasteiger partial charge >= 0.3 is 0 Å². The summed E-state index contributed by atoms with van der Waals surface area (Å²) >= 11 is 0. The third-order valence-corrected chi connectivity index (χ3v) is 2.34. The van der Waals surface area contributed by atoms with Gasteiger partial charge in [0.1, 0.15) is 0 Å². The van der Waals surface area contributed by atoms with Crippen molar-refractivity contribution in [1.82, 2.24) is 9.97 Å². The summed E-state index contributed by atoms with van der Waals surface area (Å²) in [6.07, 6.45) is 1.61. The molecule has 0 aliphatic heterocycles. The van der Waals surface area contributed by atoms with Gasteiger partial charge in [-0.25, -0.2) is 4.98 Å². The molecule has 0 aromatic carbocycles. The number of nitrogens with one attached hydrogen (secondary N) is 1. The van der Waals surface area contributed by atoms with Crippen molar-refractivity contribution in [3.63, 3.8) is 0 Å². The molecule has 0 fully saturated rings. The van der Waals surface area contributed by atoms with E-state index < -0.39 is 0 Å². The molecular weight excluding hydrogens is 206 g/mol. The van der Waals surface area contributed by atoms with E-state index in [1.54, 1.807) is 13.2 Å². The Bertz CT molecular complexity index is 331. The number of anilines is 1. The molecule has 0 aliphatic carbocycles. The Labute approximate surface area is 95.9 Å². The maximum Gasteiger partial charge on any atom is 0.226 e. The zero-order chi connectivity index (χ0) is 12.0. The molecule has 5 heteroatoms. The fraction of sp³-hybridized carbons (Fsp3) is 0.636. The van der Waals surface area contributed by atoms with Crippen LogP contribution in [-0.2, 0) is 0 Å². The first-order chi connectivity index (χ1) is 7.69. The summed E-state index contributed by atoms with van der Waals surface area (Å²) in [5, 5.41) is 12.1. The quantitative estimate of drug-likeness (QED) is 0.765. The first-order valence-electron chi connectivity index (χ1n) is 5.46. The van der Waals surface area contributed by atoms with Gasteiger partial charge in [-0.2, -0.15) is 4.98 Å². The Balaban J connectivity index is 2.74. The molecule has 1 aromatic heterocycles. The minimum absolute atomic E-state index is 0.161. The van der Waals surface area contributed by atoms with Crippen molar-refractivity contribution in [2.24, 2.45) is 0 Å². The lowest BCUT2D eigenvalue weighted by Crippen LogP contribution is -2.21. The molecule has 1 atom stereocenters. The number of hydrogen-bond acceptors (Lipinski definition) is 5. The van der Waals surface area contributed by atoms with E-state index in [1.165, 1.54) is 0 Å². The molecule has 2 N–H and O–H groups in total. The number of rotatable bonds is 6. The Morgan fingerprint density at radius 3 is 2.81 bits per heavy atom. The maximum atomic E-state index is 8.90. The summed E-state index contributed by atoms with van der Waals surface area (Å²) < 4.78 is 5.07. The zero-order valence-corrected chi connectivity index (χ0v) is 10.0. The van der Waals surface area contributed by atoms with Crippen molar-refractivity contribution >= 4 is 5.95 Å². The molecule has 16 heavy (non-hydrogen) atoms. The number of nitrogens with zero attached hydrogens (tertiary/aromatic N) is 2. The fourth-order valence-corrected chi connectivity index (χ4v) is 1.43. The van der Waals surface area contributed by atoms with Gasteiger partial charge in [0, 0.05) is 24.4 Å². The Morgan fingerprint density at radius 2 is 2.25 bits per heavy atom. The molecule has 90 valence electrons. The van der Waals surface area contributed by atoms with Crippen molar-refractivity contribution in [3.8, 4) is 5.88 Å². The molecule has 0 spiro atoms. The summed E-state index contributed by atoms with van der Waals surface area (Å²) in [6, 6.07) is 1.97. The lowest BCUT2D eigenvalue weighted by molar-refractivity contribution is 0.278. The second-order valence-electron chi connectivity index (χ2n) is 3.64. The highest BCUT2D eigenvalue weighted by atomic mass is 16.5. The van der Waals surface area contributed by atoms with Crippen LogP contribution in [0.4, 0.5) is 5.95 Å². The monoisotopic (exact) mass is 225 g/mol. The SMILES string of the molecule is CCC(CCO)Nc1nc(C)cc(OC)n1. The molecule has 1 aromatic rings. The molecule has 1 unspecified atom stereocenters. The maximum absolute atomic E-state index is 8.90. The van der Waals surface area contributed by atoms with Gasteiger partial charge in [-0.1, -0.05) is 6.92 Å². The highest BCUT2D eigenvalue weighted by Gasteiger charge is 2.08. The van der Waals surface area contributed by atoms with Crippen LogP contribution in [0.2, 0.25) is 0 Å². The summed E-state index contributed by atoms with van der Waals surface area (Å²) in [7, 11) is 1.58. The molecule has 0 amide bonds. The number of hydrogen-bond donors (Lipinski definition) is 2. The zero-order valence-electron chi connectivity index (χ0n) is 10.0. The average Bonchev–Trinajstić information content (AvgIpc) is 2.27. The molecular formula is C11H19N3O2. The van der Waals surface area contributed by atoms with Crippen LogP contribution < -0.4 is 10.1 Å². The largest absolute Gasteiger partial charge is 0.481 e. The van der Waals surface area contributed by atoms with Crippen LogP contribution in [0.25, 0.3) is 0 Å². The first kappa shape index (κ1) is 12.7. The van der Waals surface area contributed by atoms with E-state index in [9.17, 15) is 0 Å². The van der Waals surface area contributed by atoms with E-state index in [0.717, 1.165) is 12.1 Å². The molecule has 1 rings (SSSR count). The van der Waals surface area contributed by atoms with Crippen molar-refractivity contribution < 1.29 is 9.84 Å². The summed E-state index contributed by atoms with van der Waals surface area (Å²) in [6.45, 7) is 4.11. The number of methoxy groups -OCH3 is 1. The second-order valence-corrected chi connectivity index (χ2v) is 3.64. The lowest BCUT2D eigenvalue weighted by atomic mass is 10.2. The molecule has 0 saturated heterocycles. The van der Waals surface area contributed by atoms with E-state index >= 15 is 0 Å². The van der Waals surface area contributed by atoms with Crippen LogP contribution in [0, 0.1) is 6.92 Å². The van der Waals surface area contributed by atoms with Gasteiger partial charge in [0.25, 0.3) is 0 Å². The molecule has 0 radical (unpaired) electrons. The molecule has 1 heterocycles. The Morgan fingerprint density at radius 1 is 1.50 bits per heavy atom. The van der Waals surface area contributed by atoms with Crippen LogP contribution in [-0.4, -0.2) is 34.8 Å². The van der Waals surface area contributed by atoms with Crippen molar-refractivity contribution in [2.75, 3.05) is 19.0 Å². The minimum Gasteiger partial charge on any atom is -0.481 e. The highest BCUT2D eigenvalue weighted by Crippen LogP contribution is 2.13. The summed E-state index contributed by atoms with van der Waals surface area (Å²) in [5.74, 6) is 1.10. The van der Waals surface area contributed by atoms with Crippen LogP contribution in [0.1, 0.15) is 25.5 Å².